The molecule has 3 N–H and O–H groups in total. The maximum atomic E-state index is 14.0. The van der Waals surface area contributed by atoms with E-state index in [1.54, 1.807) is 0 Å². The molecule has 1 aliphatic carbocycles. The predicted molar refractivity (Wildman–Crippen MR) is 92.6 cm³/mol. The number of hydrogen-bond acceptors (Lipinski definition) is 4. The van der Waals surface area contributed by atoms with Crippen molar-refractivity contribution in [1.82, 2.24) is 5.32 Å². The second-order valence-electron chi connectivity index (χ2n) is 6.05. The Balaban J connectivity index is 1.87. The van der Waals surface area contributed by atoms with Gasteiger partial charge in [-0.25, -0.2) is 17.9 Å². The normalized spacial score (nSPS) is 16.0. The van der Waals surface area contributed by atoms with Gasteiger partial charge < -0.3 is 10.1 Å². The lowest BCUT2D eigenvalue weighted by molar-refractivity contribution is 0.0273. The molecule has 1 saturated carbocycles. The minimum absolute atomic E-state index is 0.280. The lowest BCUT2D eigenvalue weighted by atomic mass is 9.98. The van der Waals surface area contributed by atoms with Gasteiger partial charge in [-0.3, -0.25) is 4.79 Å². The summed E-state index contributed by atoms with van der Waals surface area (Å²) in [7, 11) is -4.09. The van der Waals surface area contributed by atoms with Gasteiger partial charge in [0.15, 0.2) is 5.82 Å². The summed E-state index contributed by atoms with van der Waals surface area (Å²) in [6, 6.07) is 1.76. The van der Waals surface area contributed by atoms with Gasteiger partial charge in [-0.1, -0.05) is 30.9 Å². The van der Waals surface area contributed by atoms with Crippen molar-refractivity contribution in [3.63, 3.8) is 0 Å². The second-order valence-corrected chi connectivity index (χ2v) is 8.02. The Morgan fingerprint density at radius 2 is 2.00 bits per heavy atom. The van der Waals surface area contributed by atoms with Crippen LogP contribution in [0.25, 0.3) is 0 Å². The maximum Gasteiger partial charge on any atom is 0.254 e. The van der Waals surface area contributed by atoms with Crippen molar-refractivity contribution < 1.29 is 22.3 Å². The number of halogens is 2. The van der Waals surface area contributed by atoms with E-state index in [-0.39, 0.29) is 12.6 Å². The number of carbonyl (C=O) groups excluding carboxylic acids is 1. The second kappa shape index (κ2) is 8.93. The fourth-order valence-electron chi connectivity index (χ4n) is 2.74. The van der Waals surface area contributed by atoms with Crippen LogP contribution in [0.2, 0.25) is 5.02 Å². The molecule has 1 fully saturated rings. The summed E-state index contributed by atoms with van der Waals surface area (Å²) in [4.78, 5) is 11.7. The van der Waals surface area contributed by atoms with E-state index >= 15 is 0 Å². The number of amides is 1. The van der Waals surface area contributed by atoms with E-state index < -0.39 is 37.2 Å². The number of rotatable bonds is 7. The third-order valence-electron chi connectivity index (χ3n) is 4.09. The Bertz CT molecular complexity index is 721. The molecule has 2 rings (SSSR count). The van der Waals surface area contributed by atoms with E-state index in [2.05, 4.69) is 5.32 Å². The Morgan fingerprint density at radius 1 is 1.32 bits per heavy atom. The standard InChI is InChI=1S/C16H22ClFN2O4S/c17-14-10-12(25(19,22)23)9-13(15(14)18)16(21)20-7-4-8-24-11-5-2-1-3-6-11/h9-11H,1-8H2,(H,20,21)(H2,19,22,23). The molecule has 1 aliphatic rings. The molecule has 1 aromatic carbocycles. The first-order valence-electron chi connectivity index (χ1n) is 8.20. The van der Waals surface area contributed by atoms with Crippen molar-refractivity contribution in [2.45, 2.75) is 49.5 Å². The Morgan fingerprint density at radius 3 is 2.64 bits per heavy atom. The van der Waals surface area contributed by atoms with E-state index in [0.717, 1.165) is 25.0 Å². The molecule has 140 valence electrons. The van der Waals surface area contributed by atoms with Crippen LogP contribution in [-0.2, 0) is 14.8 Å². The van der Waals surface area contributed by atoms with Gasteiger partial charge in [0.25, 0.3) is 5.91 Å². The largest absolute Gasteiger partial charge is 0.378 e. The minimum Gasteiger partial charge on any atom is -0.378 e. The van der Waals surface area contributed by atoms with Crippen LogP contribution in [0.15, 0.2) is 17.0 Å². The first kappa shape index (κ1) is 20.1. The van der Waals surface area contributed by atoms with Crippen molar-refractivity contribution >= 4 is 27.5 Å². The quantitative estimate of drug-likeness (QED) is 0.696. The average molecular weight is 393 g/mol. The summed E-state index contributed by atoms with van der Waals surface area (Å²) in [5.74, 6) is -1.73. The number of carbonyl (C=O) groups is 1. The van der Waals surface area contributed by atoms with Crippen molar-refractivity contribution in [3.8, 4) is 0 Å². The summed E-state index contributed by atoms with van der Waals surface area (Å²) >= 11 is 5.64. The van der Waals surface area contributed by atoms with Crippen molar-refractivity contribution in [1.29, 1.82) is 0 Å². The number of hydrogen-bond donors (Lipinski definition) is 2. The fourth-order valence-corrected chi connectivity index (χ4v) is 3.59. The Labute approximate surface area is 151 Å². The smallest absolute Gasteiger partial charge is 0.254 e. The zero-order chi connectivity index (χ0) is 18.4. The van der Waals surface area contributed by atoms with Gasteiger partial charge >= 0.3 is 0 Å². The summed E-state index contributed by atoms with van der Waals surface area (Å²) < 4.78 is 42.5. The van der Waals surface area contributed by atoms with Gasteiger partial charge in [0.1, 0.15) is 0 Å². The highest BCUT2D eigenvalue weighted by molar-refractivity contribution is 7.89. The summed E-state index contributed by atoms with van der Waals surface area (Å²) in [5.41, 5.74) is -0.454. The Kier molecular flexibility index (Phi) is 7.18. The van der Waals surface area contributed by atoms with Gasteiger partial charge in [-0.15, -0.1) is 0 Å². The molecular formula is C16H22ClFN2O4S. The highest BCUT2D eigenvalue weighted by Crippen LogP contribution is 2.23. The van der Waals surface area contributed by atoms with Crippen LogP contribution in [0.1, 0.15) is 48.9 Å². The van der Waals surface area contributed by atoms with Crippen LogP contribution in [0.5, 0.6) is 0 Å². The van der Waals surface area contributed by atoms with Crippen LogP contribution in [0.4, 0.5) is 4.39 Å². The topological polar surface area (TPSA) is 98.5 Å². The highest BCUT2D eigenvalue weighted by atomic mass is 35.5. The molecule has 0 bridgehead atoms. The fraction of sp³-hybridized carbons (Fsp3) is 0.562. The monoisotopic (exact) mass is 392 g/mol. The van der Waals surface area contributed by atoms with Crippen LogP contribution in [0.3, 0.4) is 0 Å². The van der Waals surface area contributed by atoms with Gasteiger partial charge in [-0.2, -0.15) is 0 Å². The van der Waals surface area contributed by atoms with Crippen molar-refractivity contribution in [2.24, 2.45) is 5.14 Å². The summed E-state index contributed by atoms with van der Waals surface area (Å²) in [6.07, 6.45) is 6.61. The number of nitrogens with one attached hydrogen (secondary N) is 1. The molecule has 6 nitrogen and oxygen atoms in total. The van der Waals surface area contributed by atoms with Gasteiger partial charge in [0.05, 0.1) is 21.6 Å². The lowest BCUT2D eigenvalue weighted by Crippen LogP contribution is -2.27. The number of nitrogens with two attached hydrogens (primary N) is 1. The molecule has 0 unspecified atom stereocenters. The SMILES string of the molecule is NS(=O)(=O)c1cc(Cl)c(F)c(C(=O)NCCCOC2CCCCC2)c1. The molecular weight excluding hydrogens is 371 g/mol. The zero-order valence-corrected chi connectivity index (χ0v) is 15.3. The average Bonchev–Trinajstić information content (AvgIpc) is 2.56. The molecule has 0 aromatic heterocycles. The molecule has 0 radical (unpaired) electrons. The predicted octanol–water partition coefficient (Wildman–Crippen LogP) is 2.60. The number of primary sulfonamides is 1. The number of sulfonamides is 1. The van der Waals surface area contributed by atoms with E-state index in [0.29, 0.717) is 13.0 Å². The highest BCUT2D eigenvalue weighted by Gasteiger charge is 2.20. The maximum absolute atomic E-state index is 14.0. The van der Waals surface area contributed by atoms with Gasteiger partial charge in [0, 0.05) is 13.2 Å². The lowest BCUT2D eigenvalue weighted by Gasteiger charge is -2.21. The van der Waals surface area contributed by atoms with Crippen molar-refractivity contribution in [3.05, 3.63) is 28.5 Å². The number of benzene rings is 1. The van der Waals surface area contributed by atoms with E-state index in [1.165, 1.54) is 19.3 Å². The molecule has 9 heteroatoms. The number of ether oxygens (including phenoxy) is 1. The van der Waals surface area contributed by atoms with Gasteiger partial charge in [0.2, 0.25) is 10.0 Å². The van der Waals surface area contributed by atoms with Crippen LogP contribution in [0, 0.1) is 5.82 Å². The third kappa shape index (κ3) is 5.91. The first-order chi connectivity index (χ1) is 11.8. The molecule has 25 heavy (non-hydrogen) atoms. The molecule has 0 atom stereocenters. The van der Waals surface area contributed by atoms with Crippen LogP contribution >= 0.6 is 11.6 Å². The summed E-state index contributed by atoms with van der Waals surface area (Å²) in [5, 5.41) is 7.05. The van der Waals surface area contributed by atoms with E-state index in [4.69, 9.17) is 21.5 Å². The van der Waals surface area contributed by atoms with E-state index in [1.807, 2.05) is 0 Å². The third-order valence-corrected chi connectivity index (χ3v) is 5.26. The molecule has 1 amide bonds. The molecule has 0 spiro atoms. The van der Waals surface area contributed by atoms with Crippen LogP contribution < -0.4 is 10.5 Å². The Hall–Kier alpha value is -1.22. The first-order valence-corrected chi connectivity index (χ1v) is 10.1. The molecule has 1 aromatic rings. The minimum atomic E-state index is -4.09. The molecule has 0 aliphatic heterocycles. The summed E-state index contributed by atoms with van der Waals surface area (Å²) in [6.45, 7) is 0.785. The molecule has 0 saturated heterocycles. The zero-order valence-electron chi connectivity index (χ0n) is 13.8. The van der Waals surface area contributed by atoms with Crippen LogP contribution in [-0.4, -0.2) is 33.6 Å². The van der Waals surface area contributed by atoms with Gasteiger partial charge in [-0.05, 0) is 31.4 Å². The van der Waals surface area contributed by atoms with Crippen molar-refractivity contribution in [2.75, 3.05) is 13.2 Å². The van der Waals surface area contributed by atoms with E-state index in [9.17, 15) is 17.6 Å². The molecule has 0 heterocycles.